The molecule has 0 aliphatic carbocycles. The van der Waals surface area contributed by atoms with Gasteiger partial charge in [0.1, 0.15) is 18.0 Å². The fraction of sp³-hybridized carbons (Fsp3) is 0.150. The van der Waals surface area contributed by atoms with E-state index in [0.717, 1.165) is 35.2 Å². The van der Waals surface area contributed by atoms with Crippen molar-refractivity contribution in [3.8, 4) is 0 Å². The van der Waals surface area contributed by atoms with Crippen LogP contribution >= 0.6 is 11.6 Å². The van der Waals surface area contributed by atoms with Crippen molar-refractivity contribution in [2.45, 2.75) is 13.3 Å². The summed E-state index contributed by atoms with van der Waals surface area (Å²) in [4.78, 5) is 19.5. The van der Waals surface area contributed by atoms with Crippen LogP contribution in [0.5, 0.6) is 0 Å². The van der Waals surface area contributed by atoms with Crippen molar-refractivity contribution in [2.75, 3.05) is 22.5 Å². The summed E-state index contributed by atoms with van der Waals surface area (Å²) in [7, 11) is 0. The van der Waals surface area contributed by atoms with Crippen molar-refractivity contribution < 1.29 is 4.79 Å². The fourth-order valence-electron chi connectivity index (χ4n) is 2.50. The van der Waals surface area contributed by atoms with E-state index in [2.05, 4.69) is 25.9 Å². The van der Waals surface area contributed by atoms with Crippen molar-refractivity contribution in [1.82, 2.24) is 9.97 Å². The lowest BCUT2D eigenvalue weighted by Crippen LogP contribution is -2.07. The number of hydrogen-bond acceptors (Lipinski definition) is 5. The molecule has 0 fully saturated rings. The summed E-state index contributed by atoms with van der Waals surface area (Å²) >= 11 is 5.90. The highest BCUT2D eigenvalue weighted by Crippen LogP contribution is 2.19. The highest BCUT2D eigenvalue weighted by Gasteiger charge is 2.01. The van der Waals surface area contributed by atoms with Crippen molar-refractivity contribution in [3.63, 3.8) is 0 Å². The molecule has 3 N–H and O–H groups in total. The molecule has 0 aliphatic heterocycles. The Morgan fingerprint density at radius 1 is 0.963 bits per heavy atom. The van der Waals surface area contributed by atoms with Crippen LogP contribution in [0.1, 0.15) is 12.5 Å². The molecule has 0 radical (unpaired) electrons. The molecule has 1 aromatic heterocycles. The number of hydrogen-bond donors (Lipinski definition) is 3. The molecule has 1 amide bonds. The maximum atomic E-state index is 11.1. The van der Waals surface area contributed by atoms with E-state index in [0.29, 0.717) is 5.82 Å². The lowest BCUT2D eigenvalue weighted by atomic mass is 10.1. The Hall–Kier alpha value is -3.12. The van der Waals surface area contributed by atoms with Crippen LogP contribution in [-0.2, 0) is 11.2 Å². The molecule has 2 aromatic carbocycles. The van der Waals surface area contributed by atoms with Gasteiger partial charge in [-0.1, -0.05) is 23.7 Å². The van der Waals surface area contributed by atoms with E-state index in [1.54, 1.807) is 0 Å². The highest BCUT2D eigenvalue weighted by atomic mass is 35.5. The number of anilines is 4. The van der Waals surface area contributed by atoms with Crippen LogP contribution in [0.3, 0.4) is 0 Å². The van der Waals surface area contributed by atoms with Crippen molar-refractivity contribution in [1.29, 1.82) is 0 Å². The summed E-state index contributed by atoms with van der Waals surface area (Å²) in [5, 5.41) is 9.99. The number of rotatable bonds is 7. The molecule has 0 aliphatic rings. The van der Waals surface area contributed by atoms with Gasteiger partial charge in [0, 0.05) is 35.9 Å². The number of aromatic nitrogens is 2. The van der Waals surface area contributed by atoms with Crippen LogP contribution in [0, 0.1) is 0 Å². The second-order valence-electron chi connectivity index (χ2n) is 5.98. The van der Waals surface area contributed by atoms with E-state index in [1.807, 2.05) is 54.6 Å². The number of carbonyl (C=O) groups excluding carboxylic acids is 1. The zero-order valence-corrected chi connectivity index (χ0v) is 15.6. The Morgan fingerprint density at radius 3 is 2.33 bits per heavy atom. The Bertz CT molecular complexity index is 897. The van der Waals surface area contributed by atoms with E-state index in [-0.39, 0.29) is 5.91 Å². The molecular formula is C20H20ClN5O. The quantitative estimate of drug-likeness (QED) is 0.562. The summed E-state index contributed by atoms with van der Waals surface area (Å²) < 4.78 is 0. The third-order valence-electron chi connectivity index (χ3n) is 3.78. The van der Waals surface area contributed by atoms with E-state index in [4.69, 9.17) is 11.6 Å². The molecule has 138 valence electrons. The largest absolute Gasteiger partial charge is 0.370 e. The van der Waals surface area contributed by atoms with Gasteiger partial charge < -0.3 is 16.0 Å². The Morgan fingerprint density at radius 2 is 1.63 bits per heavy atom. The molecule has 0 unspecified atom stereocenters. The van der Waals surface area contributed by atoms with Crippen LogP contribution in [0.15, 0.2) is 60.9 Å². The first kappa shape index (κ1) is 18.7. The summed E-state index contributed by atoms with van der Waals surface area (Å²) in [5.41, 5.74) is 2.83. The molecule has 6 nitrogen and oxygen atoms in total. The standard InChI is InChI=1S/C20H20ClN5O/c1-14(27)25-17-6-8-18(9-7-17)26-20-12-19(23-13-24-20)22-11-10-15-2-4-16(21)5-3-15/h2-9,12-13H,10-11H2,1H3,(H,25,27)(H2,22,23,24,26). The van der Waals surface area contributed by atoms with E-state index in [9.17, 15) is 4.79 Å². The van der Waals surface area contributed by atoms with Crippen LogP contribution in [0.25, 0.3) is 0 Å². The predicted molar refractivity (Wildman–Crippen MR) is 110 cm³/mol. The molecule has 27 heavy (non-hydrogen) atoms. The third kappa shape index (κ3) is 5.97. The van der Waals surface area contributed by atoms with Crippen LogP contribution in [-0.4, -0.2) is 22.4 Å². The van der Waals surface area contributed by atoms with Crippen molar-refractivity contribution in [2.24, 2.45) is 0 Å². The number of carbonyl (C=O) groups is 1. The molecular weight excluding hydrogens is 362 g/mol. The second-order valence-corrected chi connectivity index (χ2v) is 6.41. The lowest BCUT2D eigenvalue weighted by Gasteiger charge is -2.09. The minimum atomic E-state index is -0.0965. The zero-order valence-electron chi connectivity index (χ0n) is 14.9. The maximum Gasteiger partial charge on any atom is 0.221 e. The van der Waals surface area contributed by atoms with Gasteiger partial charge in [-0.05, 0) is 48.4 Å². The normalized spacial score (nSPS) is 10.3. The molecule has 0 bridgehead atoms. The average molecular weight is 382 g/mol. The van der Waals surface area contributed by atoms with Crippen molar-refractivity contribution >= 4 is 40.5 Å². The number of nitrogens with one attached hydrogen (secondary N) is 3. The topological polar surface area (TPSA) is 78.9 Å². The van der Waals surface area contributed by atoms with Crippen molar-refractivity contribution in [3.05, 3.63) is 71.5 Å². The summed E-state index contributed by atoms with van der Waals surface area (Å²) in [6, 6.07) is 17.1. The molecule has 3 rings (SSSR count). The molecule has 0 atom stereocenters. The number of nitrogens with zero attached hydrogens (tertiary/aromatic N) is 2. The van der Waals surface area contributed by atoms with Crippen LogP contribution < -0.4 is 16.0 Å². The van der Waals surface area contributed by atoms with Gasteiger partial charge in [0.05, 0.1) is 0 Å². The average Bonchev–Trinajstić information content (AvgIpc) is 2.65. The highest BCUT2D eigenvalue weighted by molar-refractivity contribution is 6.30. The minimum Gasteiger partial charge on any atom is -0.370 e. The van der Waals surface area contributed by atoms with Gasteiger partial charge in [-0.2, -0.15) is 0 Å². The number of halogens is 1. The van der Waals surface area contributed by atoms with Crippen LogP contribution in [0.4, 0.5) is 23.0 Å². The molecule has 0 saturated carbocycles. The SMILES string of the molecule is CC(=O)Nc1ccc(Nc2cc(NCCc3ccc(Cl)cc3)ncn2)cc1. The zero-order chi connectivity index (χ0) is 19.1. The maximum absolute atomic E-state index is 11.1. The monoisotopic (exact) mass is 381 g/mol. The van der Waals surface area contributed by atoms with E-state index in [1.165, 1.54) is 18.8 Å². The molecule has 3 aromatic rings. The Balaban J connectivity index is 1.55. The third-order valence-corrected chi connectivity index (χ3v) is 4.03. The second kappa shape index (κ2) is 9.00. The first-order chi connectivity index (χ1) is 13.1. The van der Waals surface area contributed by atoms with Gasteiger partial charge in [-0.25, -0.2) is 9.97 Å². The molecule has 7 heteroatoms. The molecule has 0 saturated heterocycles. The summed E-state index contributed by atoms with van der Waals surface area (Å²) in [6.07, 6.45) is 2.38. The fourth-order valence-corrected chi connectivity index (χ4v) is 2.62. The first-order valence-electron chi connectivity index (χ1n) is 8.53. The smallest absolute Gasteiger partial charge is 0.221 e. The van der Waals surface area contributed by atoms with Gasteiger partial charge >= 0.3 is 0 Å². The minimum absolute atomic E-state index is 0.0965. The Kier molecular flexibility index (Phi) is 6.22. The van der Waals surface area contributed by atoms with E-state index >= 15 is 0 Å². The Labute approximate surface area is 163 Å². The summed E-state index contributed by atoms with van der Waals surface area (Å²) in [6.45, 7) is 2.23. The van der Waals surface area contributed by atoms with E-state index < -0.39 is 0 Å². The molecule has 1 heterocycles. The predicted octanol–water partition coefficient (Wildman–Crippen LogP) is 4.49. The van der Waals surface area contributed by atoms with Gasteiger partial charge in [-0.3, -0.25) is 4.79 Å². The molecule has 0 spiro atoms. The van der Waals surface area contributed by atoms with Gasteiger partial charge in [0.25, 0.3) is 0 Å². The number of benzene rings is 2. The summed E-state index contributed by atoms with van der Waals surface area (Å²) in [5.74, 6) is 1.34. The van der Waals surface area contributed by atoms with Crippen LogP contribution in [0.2, 0.25) is 5.02 Å². The lowest BCUT2D eigenvalue weighted by molar-refractivity contribution is -0.114. The first-order valence-corrected chi connectivity index (χ1v) is 8.91. The van der Waals surface area contributed by atoms with Gasteiger partial charge in [0.2, 0.25) is 5.91 Å². The van der Waals surface area contributed by atoms with Gasteiger partial charge in [0.15, 0.2) is 0 Å². The van der Waals surface area contributed by atoms with Gasteiger partial charge in [-0.15, -0.1) is 0 Å². The number of amides is 1.